The van der Waals surface area contributed by atoms with Crippen LogP contribution < -0.4 is 10.6 Å². The van der Waals surface area contributed by atoms with Crippen LogP contribution in [0.5, 0.6) is 0 Å². The maximum Gasteiger partial charge on any atom is 0.0751 e. The normalized spacial score (nSPS) is 25.1. The second-order valence-corrected chi connectivity index (χ2v) is 5.68. The lowest BCUT2D eigenvalue weighted by atomic mass is 9.96. The van der Waals surface area contributed by atoms with E-state index >= 15 is 0 Å². The van der Waals surface area contributed by atoms with Crippen molar-refractivity contribution < 1.29 is 0 Å². The Bertz CT molecular complexity index is 387. The lowest BCUT2D eigenvalue weighted by Crippen LogP contribution is -2.44. The van der Waals surface area contributed by atoms with Gasteiger partial charge in [0, 0.05) is 17.8 Å². The zero-order valence-corrected chi connectivity index (χ0v) is 11.7. The van der Waals surface area contributed by atoms with Crippen LogP contribution in [0.3, 0.4) is 0 Å². The highest BCUT2D eigenvalue weighted by atomic mass is 35.5. The minimum absolute atomic E-state index is 0.470. The Balaban J connectivity index is 2.44. The van der Waals surface area contributed by atoms with Gasteiger partial charge in [0.15, 0.2) is 0 Å². The minimum atomic E-state index is 0.470. The maximum atomic E-state index is 6.29. The topological polar surface area (TPSA) is 29.3 Å². The van der Waals surface area contributed by atoms with Gasteiger partial charge in [-0.3, -0.25) is 0 Å². The molecule has 0 spiro atoms. The van der Waals surface area contributed by atoms with E-state index in [1.165, 1.54) is 19.3 Å². The van der Waals surface area contributed by atoms with Gasteiger partial charge in [-0.2, -0.15) is 0 Å². The lowest BCUT2D eigenvalue weighted by Gasteiger charge is -2.41. The molecule has 0 unspecified atom stereocenters. The van der Waals surface area contributed by atoms with E-state index in [2.05, 4.69) is 18.7 Å². The van der Waals surface area contributed by atoms with E-state index < -0.39 is 0 Å². The van der Waals surface area contributed by atoms with Crippen molar-refractivity contribution in [1.82, 2.24) is 0 Å². The number of hydrogen-bond donors (Lipinski definition) is 1. The van der Waals surface area contributed by atoms with Gasteiger partial charge in [0.1, 0.15) is 0 Å². The summed E-state index contributed by atoms with van der Waals surface area (Å²) >= 11 is 12.6. The number of hydrogen-bond acceptors (Lipinski definition) is 2. The summed E-state index contributed by atoms with van der Waals surface area (Å²) in [6.07, 6.45) is 3.63. The molecule has 2 atom stereocenters. The van der Waals surface area contributed by atoms with Crippen LogP contribution in [-0.2, 0) is 0 Å². The molecule has 1 aromatic carbocycles. The van der Waals surface area contributed by atoms with Gasteiger partial charge in [-0.15, -0.1) is 0 Å². The number of anilines is 2. The van der Waals surface area contributed by atoms with Gasteiger partial charge in [-0.05, 0) is 45.2 Å². The summed E-state index contributed by atoms with van der Waals surface area (Å²) in [7, 11) is 0. The third kappa shape index (κ3) is 2.48. The van der Waals surface area contributed by atoms with Gasteiger partial charge in [0.05, 0.1) is 15.7 Å². The van der Waals surface area contributed by atoms with E-state index in [-0.39, 0.29) is 0 Å². The van der Waals surface area contributed by atoms with Crippen LogP contribution in [0.1, 0.15) is 33.1 Å². The van der Waals surface area contributed by atoms with Gasteiger partial charge in [-0.25, -0.2) is 0 Å². The molecule has 2 N–H and O–H groups in total. The highest BCUT2D eigenvalue weighted by molar-refractivity contribution is 6.39. The molecule has 0 aromatic heterocycles. The average molecular weight is 273 g/mol. The fraction of sp³-hybridized carbons (Fsp3) is 0.538. The van der Waals surface area contributed by atoms with Crippen LogP contribution in [0.4, 0.5) is 11.4 Å². The van der Waals surface area contributed by atoms with E-state index in [0.29, 0.717) is 27.8 Å². The summed E-state index contributed by atoms with van der Waals surface area (Å²) in [6.45, 7) is 4.44. The first-order valence-corrected chi connectivity index (χ1v) is 6.79. The zero-order chi connectivity index (χ0) is 12.6. The minimum Gasteiger partial charge on any atom is -0.399 e. The van der Waals surface area contributed by atoms with Crippen molar-refractivity contribution in [2.45, 2.75) is 45.2 Å². The van der Waals surface area contributed by atoms with Gasteiger partial charge in [-0.1, -0.05) is 23.2 Å². The van der Waals surface area contributed by atoms with Crippen LogP contribution in [0, 0.1) is 0 Å². The van der Waals surface area contributed by atoms with Gasteiger partial charge < -0.3 is 10.6 Å². The van der Waals surface area contributed by atoms with Crippen molar-refractivity contribution in [3.63, 3.8) is 0 Å². The van der Waals surface area contributed by atoms with Crippen LogP contribution >= 0.6 is 23.2 Å². The molecule has 1 fully saturated rings. The molecule has 94 valence electrons. The number of benzene rings is 1. The largest absolute Gasteiger partial charge is 0.399 e. The number of nitrogens with zero attached hydrogens (tertiary/aromatic N) is 1. The van der Waals surface area contributed by atoms with Crippen molar-refractivity contribution in [1.29, 1.82) is 0 Å². The first-order valence-electron chi connectivity index (χ1n) is 6.03. The van der Waals surface area contributed by atoms with Crippen LogP contribution in [0.15, 0.2) is 12.1 Å². The summed E-state index contributed by atoms with van der Waals surface area (Å²) in [5.74, 6) is 0. The number of piperidine rings is 1. The summed E-state index contributed by atoms with van der Waals surface area (Å²) in [5.41, 5.74) is 7.28. The molecule has 0 bridgehead atoms. The SMILES string of the molecule is C[C@@H]1CCC[C@H](C)N1c1c(Cl)cc(N)cc1Cl. The Morgan fingerprint density at radius 1 is 1.12 bits per heavy atom. The van der Waals surface area contributed by atoms with Gasteiger partial charge in [0.2, 0.25) is 0 Å². The monoisotopic (exact) mass is 272 g/mol. The molecule has 1 aliphatic heterocycles. The number of rotatable bonds is 1. The average Bonchev–Trinajstić information content (AvgIpc) is 2.21. The number of halogens is 2. The molecule has 1 saturated heterocycles. The van der Waals surface area contributed by atoms with Crippen LogP contribution in [-0.4, -0.2) is 12.1 Å². The van der Waals surface area contributed by atoms with Gasteiger partial charge >= 0.3 is 0 Å². The quantitative estimate of drug-likeness (QED) is 0.771. The Morgan fingerprint density at radius 3 is 2.06 bits per heavy atom. The summed E-state index contributed by atoms with van der Waals surface area (Å²) < 4.78 is 0. The predicted octanol–water partition coefficient (Wildman–Crippen LogP) is 4.34. The molecule has 17 heavy (non-hydrogen) atoms. The molecule has 0 radical (unpaired) electrons. The van der Waals surface area contributed by atoms with Crippen LogP contribution in [0.25, 0.3) is 0 Å². The molecule has 0 saturated carbocycles. The van der Waals surface area contributed by atoms with Crippen LogP contribution in [0.2, 0.25) is 10.0 Å². The Kier molecular flexibility index (Phi) is 3.74. The smallest absolute Gasteiger partial charge is 0.0751 e. The molecular formula is C13H18Cl2N2. The third-order valence-corrected chi connectivity index (χ3v) is 4.07. The molecule has 0 aliphatic carbocycles. The van der Waals surface area contributed by atoms with Crippen molar-refractivity contribution in [3.05, 3.63) is 22.2 Å². The highest BCUT2D eigenvalue weighted by Gasteiger charge is 2.28. The molecular weight excluding hydrogens is 255 g/mol. The molecule has 1 aliphatic rings. The lowest BCUT2D eigenvalue weighted by molar-refractivity contribution is 0.414. The molecule has 2 nitrogen and oxygen atoms in total. The summed E-state index contributed by atoms with van der Waals surface area (Å²) in [4.78, 5) is 2.33. The molecule has 4 heteroatoms. The molecule has 2 rings (SSSR count). The molecule has 1 aromatic rings. The van der Waals surface area contributed by atoms with E-state index in [1.54, 1.807) is 12.1 Å². The number of nitrogens with two attached hydrogens (primary N) is 1. The van der Waals surface area contributed by atoms with E-state index in [1.807, 2.05) is 0 Å². The summed E-state index contributed by atoms with van der Waals surface area (Å²) in [5, 5.41) is 1.30. The first-order chi connectivity index (χ1) is 8.00. The van der Waals surface area contributed by atoms with Crippen molar-refractivity contribution in [3.8, 4) is 0 Å². The fourth-order valence-corrected chi connectivity index (χ4v) is 3.39. The van der Waals surface area contributed by atoms with Crippen molar-refractivity contribution in [2.75, 3.05) is 10.6 Å². The van der Waals surface area contributed by atoms with E-state index in [0.717, 1.165) is 5.69 Å². The van der Waals surface area contributed by atoms with E-state index in [4.69, 9.17) is 28.9 Å². The second-order valence-electron chi connectivity index (χ2n) is 4.87. The highest BCUT2D eigenvalue weighted by Crippen LogP contribution is 2.40. The van der Waals surface area contributed by atoms with Gasteiger partial charge in [0.25, 0.3) is 0 Å². The standard InChI is InChI=1S/C13H18Cl2N2/c1-8-4-3-5-9(2)17(8)13-11(14)6-10(16)7-12(13)15/h6-9H,3-5,16H2,1-2H3/t8-,9+. The van der Waals surface area contributed by atoms with E-state index in [9.17, 15) is 0 Å². The molecule has 0 amide bonds. The van der Waals surface area contributed by atoms with Crippen molar-refractivity contribution >= 4 is 34.6 Å². The number of nitrogen functional groups attached to an aromatic ring is 1. The Morgan fingerprint density at radius 2 is 1.59 bits per heavy atom. The Hall–Kier alpha value is -0.600. The molecule has 1 heterocycles. The third-order valence-electron chi connectivity index (χ3n) is 3.49. The zero-order valence-electron chi connectivity index (χ0n) is 10.2. The fourth-order valence-electron chi connectivity index (χ4n) is 2.69. The summed E-state index contributed by atoms with van der Waals surface area (Å²) in [6, 6.07) is 4.49. The second kappa shape index (κ2) is 4.95. The first kappa shape index (κ1) is 12.8. The predicted molar refractivity (Wildman–Crippen MR) is 76.1 cm³/mol. The Labute approximate surface area is 113 Å². The van der Waals surface area contributed by atoms with Crippen molar-refractivity contribution in [2.24, 2.45) is 0 Å². The maximum absolute atomic E-state index is 6.29.